The van der Waals surface area contributed by atoms with Crippen LogP contribution in [-0.4, -0.2) is 30.1 Å². The number of piperidine rings is 1. The molecule has 3 atom stereocenters. The van der Waals surface area contributed by atoms with Gasteiger partial charge in [-0.15, -0.1) is 0 Å². The summed E-state index contributed by atoms with van der Waals surface area (Å²) in [5.74, 6) is 0.765. The van der Waals surface area contributed by atoms with E-state index in [1.54, 1.807) is 7.11 Å². The molecule has 3 nitrogen and oxygen atoms in total. The van der Waals surface area contributed by atoms with Gasteiger partial charge in [0.1, 0.15) is 5.75 Å². The SMILES string of the molecule is COc1ccc(CC(C)N2C(C)CCCC2C)cc1N. The summed E-state index contributed by atoms with van der Waals surface area (Å²) in [6.45, 7) is 7.04. The smallest absolute Gasteiger partial charge is 0.141 e. The Kier molecular flexibility index (Phi) is 4.92. The Morgan fingerprint density at radius 1 is 1.30 bits per heavy atom. The van der Waals surface area contributed by atoms with Gasteiger partial charge in [0.25, 0.3) is 0 Å². The lowest BCUT2D eigenvalue weighted by molar-refractivity contribution is 0.0628. The van der Waals surface area contributed by atoms with Crippen molar-refractivity contribution < 1.29 is 4.74 Å². The van der Waals surface area contributed by atoms with E-state index in [-0.39, 0.29) is 0 Å². The molecule has 0 spiro atoms. The minimum Gasteiger partial charge on any atom is -0.495 e. The molecule has 0 radical (unpaired) electrons. The molecule has 2 rings (SSSR count). The summed E-state index contributed by atoms with van der Waals surface area (Å²) in [5.41, 5.74) is 8.03. The van der Waals surface area contributed by atoms with Crippen molar-refractivity contribution in [1.82, 2.24) is 4.90 Å². The van der Waals surface area contributed by atoms with Crippen LogP contribution in [-0.2, 0) is 6.42 Å². The first kappa shape index (κ1) is 15.2. The van der Waals surface area contributed by atoms with Gasteiger partial charge < -0.3 is 10.5 Å². The third-order valence-corrected chi connectivity index (χ3v) is 4.60. The highest BCUT2D eigenvalue weighted by Gasteiger charge is 2.28. The Morgan fingerprint density at radius 2 is 1.95 bits per heavy atom. The molecular weight excluding hydrogens is 248 g/mol. The van der Waals surface area contributed by atoms with E-state index in [9.17, 15) is 0 Å². The lowest BCUT2D eigenvalue weighted by Crippen LogP contribution is -2.49. The Bertz CT molecular complexity index is 437. The first-order valence-corrected chi connectivity index (χ1v) is 7.72. The maximum Gasteiger partial charge on any atom is 0.141 e. The number of likely N-dealkylation sites (tertiary alicyclic amines) is 1. The number of benzene rings is 1. The predicted molar refractivity (Wildman–Crippen MR) is 85.2 cm³/mol. The molecule has 1 aromatic rings. The summed E-state index contributed by atoms with van der Waals surface area (Å²) in [4.78, 5) is 2.67. The highest BCUT2D eigenvalue weighted by atomic mass is 16.5. The van der Waals surface area contributed by atoms with Gasteiger partial charge in [0.15, 0.2) is 0 Å². The van der Waals surface area contributed by atoms with Crippen LogP contribution in [0, 0.1) is 0 Å². The lowest BCUT2D eigenvalue weighted by Gasteiger charge is -2.43. The van der Waals surface area contributed by atoms with Crippen LogP contribution in [0.3, 0.4) is 0 Å². The summed E-state index contributed by atoms with van der Waals surface area (Å²) in [6.07, 6.45) is 5.04. The van der Waals surface area contributed by atoms with Gasteiger partial charge in [-0.2, -0.15) is 0 Å². The van der Waals surface area contributed by atoms with E-state index < -0.39 is 0 Å². The molecule has 1 aliphatic heterocycles. The highest BCUT2D eigenvalue weighted by Crippen LogP contribution is 2.28. The number of ether oxygens (including phenoxy) is 1. The molecule has 3 heteroatoms. The summed E-state index contributed by atoms with van der Waals surface area (Å²) in [5, 5.41) is 0. The number of methoxy groups -OCH3 is 1. The van der Waals surface area contributed by atoms with Gasteiger partial charge in [0.05, 0.1) is 12.8 Å². The number of anilines is 1. The van der Waals surface area contributed by atoms with Crippen LogP contribution in [0.25, 0.3) is 0 Å². The fourth-order valence-corrected chi connectivity index (χ4v) is 3.67. The average molecular weight is 276 g/mol. The lowest BCUT2D eigenvalue weighted by atomic mass is 9.93. The number of nitrogens with zero attached hydrogens (tertiary/aromatic N) is 1. The maximum atomic E-state index is 6.00. The van der Waals surface area contributed by atoms with E-state index in [0.29, 0.717) is 18.1 Å². The van der Waals surface area contributed by atoms with Crippen molar-refractivity contribution in [3.63, 3.8) is 0 Å². The molecular formula is C17H28N2O. The van der Waals surface area contributed by atoms with Gasteiger partial charge in [-0.3, -0.25) is 4.90 Å². The molecule has 1 aliphatic rings. The van der Waals surface area contributed by atoms with Crippen LogP contribution >= 0.6 is 0 Å². The highest BCUT2D eigenvalue weighted by molar-refractivity contribution is 5.54. The fourth-order valence-electron chi connectivity index (χ4n) is 3.67. The standard InChI is InChI=1S/C17H28N2O/c1-12-6-5-7-13(2)19(12)14(3)10-15-8-9-17(20-4)16(18)11-15/h8-9,11-14H,5-7,10,18H2,1-4H3. The molecule has 1 saturated heterocycles. The van der Waals surface area contributed by atoms with Gasteiger partial charge in [-0.1, -0.05) is 12.5 Å². The molecule has 0 aliphatic carbocycles. The topological polar surface area (TPSA) is 38.5 Å². The number of nitrogen functional groups attached to an aromatic ring is 1. The molecule has 1 fully saturated rings. The van der Waals surface area contributed by atoms with Crippen molar-refractivity contribution in [3.05, 3.63) is 23.8 Å². The second-order valence-electron chi connectivity index (χ2n) is 6.21. The van der Waals surface area contributed by atoms with Crippen molar-refractivity contribution >= 4 is 5.69 Å². The van der Waals surface area contributed by atoms with E-state index in [1.807, 2.05) is 6.07 Å². The zero-order chi connectivity index (χ0) is 14.7. The van der Waals surface area contributed by atoms with Crippen LogP contribution < -0.4 is 10.5 Å². The Balaban J connectivity index is 2.06. The van der Waals surface area contributed by atoms with E-state index in [1.165, 1.54) is 24.8 Å². The average Bonchev–Trinajstić information content (AvgIpc) is 2.38. The Labute approximate surface area is 123 Å². The Hall–Kier alpha value is -1.22. The van der Waals surface area contributed by atoms with Gasteiger partial charge in [-0.05, 0) is 57.7 Å². The molecule has 2 N–H and O–H groups in total. The molecule has 20 heavy (non-hydrogen) atoms. The van der Waals surface area contributed by atoms with Crippen LogP contribution in [0.5, 0.6) is 5.75 Å². The zero-order valence-corrected chi connectivity index (χ0v) is 13.2. The van der Waals surface area contributed by atoms with E-state index in [0.717, 1.165) is 17.9 Å². The minimum atomic E-state index is 0.549. The predicted octanol–water partition coefficient (Wildman–Crippen LogP) is 3.47. The molecule has 0 amide bonds. The van der Waals surface area contributed by atoms with Crippen molar-refractivity contribution in [2.45, 2.75) is 64.6 Å². The monoisotopic (exact) mass is 276 g/mol. The number of hydrogen-bond donors (Lipinski definition) is 1. The number of hydrogen-bond acceptors (Lipinski definition) is 3. The summed E-state index contributed by atoms with van der Waals surface area (Å²) < 4.78 is 5.22. The molecule has 3 unspecified atom stereocenters. The van der Waals surface area contributed by atoms with Crippen LogP contribution in [0.4, 0.5) is 5.69 Å². The van der Waals surface area contributed by atoms with Crippen molar-refractivity contribution in [3.8, 4) is 5.75 Å². The molecule has 1 aromatic carbocycles. The fraction of sp³-hybridized carbons (Fsp3) is 0.647. The summed E-state index contributed by atoms with van der Waals surface area (Å²) >= 11 is 0. The minimum absolute atomic E-state index is 0.549. The second kappa shape index (κ2) is 6.49. The first-order valence-electron chi connectivity index (χ1n) is 7.72. The molecule has 1 heterocycles. The van der Waals surface area contributed by atoms with Crippen molar-refractivity contribution in [2.24, 2.45) is 0 Å². The van der Waals surface area contributed by atoms with Crippen LogP contribution in [0.2, 0.25) is 0 Å². The number of rotatable bonds is 4. The third kappa shape index (κ3) is 3.26. The number of nitrogens with two attached hydrogens (primary N) is 1. The Morgan fingerprint density at radius 3 is 2.50 bits per heavy atom. The molecule has 0 saturated carbocycles. The maximum absolute atomic E-state index is 6.00. The normalized spacial score (nSPS) is 25.4. The quantitative estimate of drug-likeness (QED) is 0.856. The largest absolute Gasteiger partial charge is 0.495 e. The zero-order valence-electron chi connectivity index (χ0n) is 13.2. The van der Waals surface area contributed by atoms with Gasteiger partial charge in [0.2, 0.25) is 0 Å². The molecule has 112 valence electrons. The van der Waals surface area contributed by atoms with Crippen molar-refractivity contribution in [2.75, 3.05) is 12.8 Å². The summed E-state index contributed by atoms with van der Waals surface area (Å²) in [6, 6.07) is 8.07. The van der Waals surface area contributed by atoms with E-state index >= 15 is 0 Å². The van der Waals surface area contributed by atoms with Gasteiger partial charge in [-0.25, -0.2) is 0 Å². The van der Waals surface area contributed by atoms with E-state index in [2.05, 4.69) is 37.8 Å². The second-order valence-corrected chi connectivity index (χ2v) is 6.21. The molecule has 0 bridgehead atoms. The van der Waals surface area contributed by atoms with Gasteiger partial charge in [0, 0.05) is 18.1 Å². The molecule has 0 aromatic heterocycles. The van der Waals surface area contributed by atoms with Gasteiger partial charge >= 0.3 is 0 Å². The van der Waals surface area contributed by atoms with Crippen LogP contribution in [0.1, 0.15) is 45.6 Å². The van der Waals surface area contributed by atoms with E-state index in [4.69, 9.17) is 10.5 Å². The first-order chi connectivity index (χ1) is 9.52. The third-order valence-electron chi connectivity index (χ3n) is 4.60. The van der Waals surface area contributed by atoms with Crippen molar-refractivity contribution in [1.29, 1.82) is 0 Å². The summed E-state index contributed by atoms with van der Waals surface area (Å²) in [7, 11) is 1.66. The van der Waals surface area contributed by atoms with Crippen LogP contribution in [0.15, 0.2) is 18.2 Å².